The molecule has 110 valence electrons. The summed E-state index contributed by atoms with van der Waals surface area (Å²) in [6.45, 7) is 1.21. The minimum Gasteiger partial charge on any atom is -0.489 e. The van der Waals surface area contributed by atoms with Crippen LogP contribution < -0.4 is 10.1 Å². The van der Waals surface area contributed by atoms with Crippen LogP contribution in [0.25, 0.3) is 0 Å². The first-order chi connectivity index (χ1) is 9.70. The van der Waals surface area contributed by atoms with Crippen LogP contribution in [0.3, 0.4) is 0 Å². The van der Waals surface area contributed by atoms with Crippen LogP contribution in [-0.2, 0) is 0 Å². The summed E-state index contributed by atoms with van der Waals surface area (Å²) in [4.78, 5) is 0. The number of hydrogen-bond donors (Lipinski definition) is 1. The Hall–Kier alpha value is -0.440. The molecule has 0 spiro atoms. The molecule has 0 bridgehead atoms. The smallest absolute Gasteiger partial charge is 0.138 e. The summed E-state index contributed by atoms with van der Waals surface area (Å²) in [6, 6.07) is 6.10. The lowest BCUT2D eigenvalue weighted by molar-refractivity contribution is 0.139. The third-order valence-electron chi connectivity index (χ3n) is 4.25. The van der Waals surface area contributed by atoms with Gasteiger partial charge in [0.2, 0.25) is 0 Å². The lowest BCUT2D eigenvalue weighted by atomic mass is 9.93. The van der Waals surface area contributed by atoms with E-state index in [1.807, 2.05) is 12.1 Å². The van der Waals surface area contributed by atoms with Crippen molar-refractivity contribution in [3.05, 3.63) is 28.2 Å². The molecule has 3 rings (SSSR count). The fourth-order valence-electron chi connectivity index (χ4n) is 2.79. The zero-order chi connectivity index (χ0) is 13.9. The van der Waals surface area contributed by atoms with Crippen LogP contribution in [0.2, 0.25) is 10.0 Å². The SMILES string of the molecule is Clc1ccc(OC2CCC(NCC3CC3)CC2)c(Cl)c1. The summed E-state index contributed by atoms with van der Waals surface area (Å²) in [7, 11) is 0. The van der Waals surface area contributed by atoms with Crippen LogP contribution >= 0.6 is 23.2 Å². The summed E-state index contributed by atoms with van der Waals surface area (Å²) < 4.78 is 6.01. The third kappa shape index (κ3) is 4.03. The lowest BCUT2D eigenvalue weighted by Gasteiger charge is -2.30. The van der Waals surface area contributed by atoms with E-state index >= 15 is 0 Å². The van der Waals surface area contributed by atoms with E-state index in [1.165, 1.54) is 32.2 Å². The molecule has 2 aliphatic carbocycles. The van der Waals surface area contributed by atoms with Crippen molar-refractivity contribution in [2.45, 2.75) is 50.7 Å². The molecule has 1 aromatic carbocycles. The number of hydrogen-bond acceptors (Lipinski definition) is 2. The minimum atomic E-state index is 0.285. The normalized spacial score (nSPS) is 26.5. The van der Waals surface area contributed by atoms with E-state index in [1.54, 1.807) is 6.07 Å². The van der Waals surface area contributed by atoms with Crippen molar-refractivity contribution in [2.75, 3.05) is 6.54 Å². The van der Waals surface area contributed by atoms with Gasteiger partial charge >= 0.3 is 0 Å². The highest BCUT2D eigenvalue weighted by atomic mass is 35.5. The molecule has 0 heterocycles. The standard InChI is InChI=1S/C16H21Cl2NO/c17-12-3-8-16(15(18)9-12)20-14-6-4-13(5-7-14)19-10-11-1-2-11/h3,8-9,11,13-14,19H,1-2,4-7,10H2. The molecule has 2 fully saturated rings. The van der Waals surface area contributed by atoms with Gasteiger partial charge in [0, 0.05) is 11.1 Å². The van der Waals surface area contributed by atoms with Crippen LogP contribution in [0.4, 0.5) is 0 Å². The van der Waals surface area contributed by atoms with Gasteiger partial charge in [-0.25, -0.2) is 0 Å². The first kappa shape index (κ1) is 14.5. The minimum absolute atomic E-state index is 0.285. The Morgan fingerprint density at radius 1 is 1.05 bits per heavy atom. The Morgan fingerprint density at radius 2 is 1.80 bits per heavy atom. The molecule has 4 heteroatoms. The van der Waals surface area contributed by atoms with Crippen molar-refractivity contribution in [3.8, 4) is 5.75 Å². The summed E-state index contributed by atoms with van der Waals surface area (Å²) in [5.41, 5.74) is 0. The maximum absolute atomic E-state index is 6.15. The van der Waals surface area contributed by atoms with Crippen molar-refractivity contribution in [1.29, 1.82) is 0 Å². The van der Waals surface area contributed by atoms with Gasteiger partial charge in [0.25, 0.3) is 0 Å². The molecule has 2 nitrogen and oxygen atoms in total. The highest BCUT2D eigenvalue weighted by Crippen LogP contribution is 2.32. The molecule has 0 radical (unpaired) electrons. The fraction of sp³-hybridized carbons (Fsp3) is 0.625. The zero-order valence-corrected chi connectivity index (χ0v) is 13.1. The highest BCUT2D eigenvalue weighted by molar-refractivity contribution is 6.35. The summed E-state index contributed by atoms with van der Waals surface area (Å²) in [6.07, 6.45) is 7.71. The van der Waals surface area contributed by atoms with Crippen LogP contribution in [0.1, 0.15) is 38.5 Å². The fourth-order valence-corrected chi connectivity index (χ4v) is 3.24. The van der Waals surface area contributed by atoms with Crippen molar-refractivity contribution >= 4 is 23.2 Å². The Balaban J connectivity index is 1.45. The summed E-state index contributed by atoms with van der Waals surface area (Å²) in [5, 5.41) is 4.94. The van der Waals surface area contributed by atoms with E-state index < -0.39 is 0 Å². The van der Waals surface area contributed by atoms with E-state index in [0.29, 0.717) is 16.1 Å². The molecular formula is C16H21Cl2NO. The molecule has 0 saturated heterocycles. The molecule has 2 aliphatic rings. The monoisotopic (exact) mass is 313 g/mol. The second-order valence-electron chi connectivity index (χ2n) is 6.02. The van der Waals surface area contributed by atoms with Crippen molar-refractivity contribution in [2.24, 2.45) is 5.92 Å². The van der Waals surface area contributed by atoms with Gasteiger partial charge < -0.3 is 10.1 Å². The van der Waals surface area contributed by atoms with E-state index in [4.69, 9.17) is 27.9 Å². The highest BCUT2D eigenvalue weighted by Gasteiger charge is 2.26. The first-order valence-corrected chi connectivity index (χ1v) is 8.31. The third-order valence-corrected chi connectivity index (χ3v) is 4.78. The quantitative estimate of drug-likeness (QED) is 0.852. The van der Waals surface area contributed by atoms with Crippen LogP contribution in [0, 0.1) is 5.92 Å². The van der Waals surface area contributed by atoms with Gasteiger partial charge in [-0.15, -0.1) is 0 Å². The molecule has 2 saturated carbocycles. The molecule has 20 heavy (non-hydrogen) atoms. The number of ether oxygens (including phenoxy) is 1. The molecular weight excluding hydrogens is 293 g/mol. The van der Waals surface area contributed by atoms with E-state index in [-0.39, 0.29) is 6.10 Å². The van der Waals surface area contributed by atoms with E-state index in [9.17, 15) is 0 Å². The predicted octanol–water partition coefficient (Wildman–Crippen LogP) is 4.68. The van der Waals surface area contributed by atoms with E-state index in [0.717, 1.165) is 24.5 Å². The van der Waals surface area contributed by atoms with Gasteiger partial charge in [-0.1, -0.05) is 23.2 Å². The van der Waals surface area contributed by atoms with Crippen LogP contribution in [-0.4, -0.2) is 18.7 Å². The molecule has 1 N–H and O–H groups in total. The number of nitrogens with one attached hydrogen (secondary N) is 1. The predicted molar refractivity (Wildman–Crippen MR) is 83.9 cm³/mol. The van der Waals surface area contributed by atoms with Crippen molar-refractivity contribution in [3.63, 3.8) is 0 Å². The van der Waals surface area contributed by atoms with E-state index in [2.05, 4.69) is 5.32 Å². The second-order valence-corrected chi connectivity index (χ2v) is 6.86. The average Bonchev–Trinajstić information content (AvgIpc) is 3.25. The zero-order valence-electron chi connectivity index (χ0n) is 11.6. The Bertz CT molecular complexity index is 454. The summed E-state index contributed by atoms with van der Waals surface area (Å²) in [5.74, 6) is 1.71. The Morgan fingerprint density at radius 3 is 2.45 bits per heavy atom. The first-order valence-electron chi connectivity index (χ1n) is 7.56. The van der Waals surface area contributed by atoms with Crippen LogP contribution in [0.15, 0.2) is 18.2 Å². The molecule has 0 amide bonds. The van der Waals surface area contributed by atoms with Gasteiger partial charge in [0.1, 0.15) is 5.75 Å². The Labute approximate surface area is 130 Å². The maximum Gasteiger partial charge on any atom is 0.138 e. The van der Waals surface area contributed by atoms with Crippen molar-refractivity contribution in [1.82, 2.24) is 5.32 Å². The number of halogens is 2. The molecule has 0 aliphatic heterocycles. The largest absolute Gasteiger partial charge is 0.489 e. The van der Waals surface area contributed by atoms with Crippen molar-refractivity contribution < 1.29 is 4.74 Å². The second kappa shape index (κ2) is 6.55. The maximum atomic E-state index is 6.15. The van der Waals surface area contributed by atoms with Crippen LogP contribution in [0.5, 0.6) is 5.75 Å². The van der Waals surface area contributed by atoms with Gasteiger partial charge in [0.15, 0.2) is 0 Å². The Kier molecular flexibility index (Phi) is 4.75. The van der Waals surface area contributed by atoms with Gasteiger partial charge in [0.05, 0.1) is 11.1 Å². The number of rotatable bonds is 5. The average molecular weight is 314 g/mol. The van der Waals surface area contributed by atoms with Gasteiger partial charge in [-0.2, -0.15) is 0 Å². The van der Waals surface area contributed by atoms with Gasteiger partial charge in [-0.3, -0.25) is 0 Å². The molecule has 0 atom stereocenters. The molecule has 1 aromatic rings. The molecule has 0 unspecified atom stereocenters. The lowest BCUT2D eigenvalue weighted by Crippen LogP contribution is -2.37. The number of benzene rings is 1. The topological polar surface area (TPSA) is 21.3 Å². The summed E-state index contributed by atoms with van der Waals surface area (Å²) >= 11 is 12.0. The molecule has 0 aromatic heterocycles. The van der Waals surface area contributed by atoms with Gasteiger partial charge in [-0.05, 0) is 69.2 Å².